The summed E-state index contributed by atoms with van der Waals surface area (Å²) >= 11 is 0. The highest BCUT2D eigenvalue weighted by atomic mass is 16.3. The molecule has 3 unspecified atom stereocenters. The van der Waals surface area contributed by atoms with Crippen LogP contribution in [0.15, 0.2) is 36.1 Å². The van der Waals surface area contributed by atoms with Crippen LogP contribution < -0.4 is 0 Å². The summed E-state index contributed by atoms with van der Waals surface area (Å²) in [7, 11) is 0. The van der Waals surface area contributed by atoms with E-state index < -0.39 is 0 Å². The van der Waals surface area contributed by atoms with Crippen molar-refractivity contribution in [1.29, 1.82) is 0 Å². The van der Waals surface area contributed by atoms with Gasteiger partial charge in [0.15, 0.2) is 0 Å². The van der Waals surface area contributed by atoms with E-state index in [-0.39, 0.29) is 0 Å². The number of hydrogen-bond donors (Lipinski definition) is 1. The molecule has 0 saturated heterocycles. The van der Waals surface area contributed by atoms with E-state index in [0.717, 1.165) is 18.3 Å². The van der Waals surface area contributed by atoms with Gasteiger partial charge >= 0.3 is 0 Å². The molecule has 2 fully saturated rings. The zero-order chi connectivity index (χ0) is 14.6. The number of phenols is 1. The number of phenolic OH excluding ortho intramolecular Hbond substituents is 1. The number of hydrogen-bond acceptors (Lipinski definition) is 1. The zero-order valence-electron chi connectivity index (χ0n) is 12.9. The Bertz CT molecular complexity index is 637. The van der Waals surface area contributed by atoms with Crippen molar-refractivity contribution in [2.45, 2.75) is 51.4 Å². The molecule has 21 heavy (non-hydrogen) atoms. The van der Waals surface area contributed by atoms with Gasteiger partial charge in [0.2, 0.25) is 0 Å². The Labute approximate surface area is 127 Å². The van der Waals surface area contributed by atoms with Crippen LogP contribution in [0, 0.1) is 17.3 Å². The second-order valence-corrected chi connectivity index (χ2v) is 7.45. The van der Waals surface area contributed by atoms with E-state index in [1.165, 1.54) is 48.8 Å². The Kier molecular flexibility index (Phi) is 2.84. The molecular weight excluding hydrogens is 256 g/mol. The molecule has 4 rings (SSSR count). The molecule has 0 radical (unpaired) electrons. The fourth-order valence-corrected chi connectivity index (χ4v) is 5.67. The van der Waals surface area contributed by atoms with Gasteiger partial charge in [-0.3, -0.25) is 0 Å². The number of benzene rings is 1. The van der Waals surface area contributed by atoms with E-state index in [0.29, 0.717) is 17.1 Å². The summed E-state index contributed by atoms with van der Waals surface area (Å²) in [4.78, 5) is 0. The molecule has 2 saturated carbocycles. The smallest absolute Gasteiger partial charge is 0.115 e. The predicted octanol–water partition coefficient (Wildman–Crippen LogP) is 4.96. The first-order valence-electron chi connectivity index (χ1n) is 8.34. The molecule has 0 bridgehead atoms. The van der Waals surface area contributed by atoms with Crippen LogP contribution in [0.1, 0.15) is 56.1 Å². The molecule has 1 N–H and O–H groups in total. The van der Waals surface area contributed by atoms with Crippen LogP contribution in [0.25, 0.3) is 0 Å². The normalized spacial score (nSPS) is 37.4. The maximum Gasteiger partial charge on any atom is 0.115 e. The van der Waals surface area contributed by atoms with E-state index in [9.17, 15) is 5.11 Å². The van der Waals surface area contributed by atoms with Crippen LogP contribution in [0.2, 0.25) is 0 Å². The minimum Gasteiger partial charge on any atom is -0.508 e. The third kappa shape index (κ3) is 1.77. The molecule has 1 aromatic carbocycles. The minimum absolute atomic E-state index is 0.358. The number of fused-ring (bicyclic) bond motifs is 5. The molecule has 1 aromatic rings. The molecule has 3 aliphatic rings. The summed E-state index contributed by atoms with van der Waals surface area (Å²) in [5, 5.41) is 9.72. The van der Waals surface area contributed by atoms with Crippen molar-refractivity contribution in [3.05, 3.63) is 47.2 Å². The van der Waals surface area contributed by atoms with Crippen LogP contribution in [-0.2, 0) is 6.42 Å². The van der Waals surface area contributed by atoms with Crippen molar-refractivity contribution in [2.24, 2.45) is 17.3 Å². The van der Waals surface area contributed by atoms with Gasteiger partial charge in [0.05, 0.1) is 0 Å². The lowest BCUT2D eigenvalue weighted by Gasteiger charge is -2.49. The highest BCUT2D eigenvalue weighted by Crippen LogP contribution is 2.62. The number of rotatable bonds is 0. The van der Waals surface area contributed by atoms with E-state index >= 15 is 0 Å². The van der Waals surface area contributed by atoms with Gasteiger partial charge in [-0.15, -0.1) is 5.73 Å². The van der Waals surface area contributed by atoms with Gasteiger partial charge in [0.25, 0.3) is 0 Å². The van der Waals surface area contributed by atoms with Gasteiger partial charge < -0.3 is 5.11 Å². The van der Waals surface area contributed by atoms with Gasteiger partial charge in [-0.2, -0.15) is 0 Å². The molecule has 0 heterocycles. The van der Waals surface area contributed by atoms with Crippen LogP contribution >= 0.6 is 0 Å². The first-order valence-corrected chi connectivity index (χ1v) is 8.34. The maximum absolute atomic E-state index is 9.72. The summed E-state index contributed by atoms with van der Waals surface area (Å²) in [6.45, 7) is 6.40. The highest BCUT2D eigenvalue weighted by Gasteiger charge is 2.52. The monoisotopic (exact) mass is 280 g/mol. The van der Waals surface area contributed by atoms with Crippen LogP contribution in [0.5, 0.6) is 5.75 Å². The van der Waals surface area contributed by atoms with Gasteiger partial charge in [0.1, 0.15) is 5.75 Å². The van der Waals surface area contributed by atoms with Crippen molar-refractivity contribution < 1.29 is 5.11 Å². The maximum atomic E-state index is 9.72. The van der Waals surface area contributed by atoms with Crippen LogP contribution in [0.3, 0.4) is 0 Å². The molecule has 1 heteroatoms. The number of aryl methyl sites for hydroxylation is 1. The number of allylic oxidation sites excluding steroid dienone is 1. The fourth-order valence-electron chi connectivity index (χ4n) is 5.67. The van der Waals surface area contributed by atoms with E-state index in [1.807, 2.05) is 12.1 Å². The van der Waals surface area contributed by atoms with Crippen LogP contribution in [-0.4, -0.2) is 5.11 Å². The highest BCUT2D eigenvalue weighted by molar-refractivity contribution is 5.40. The first-order chi connectivity index (χ1) is 10.1. The Balaban J connectivity index is 1.73. The largest absolute Gasteiger partial charge is 0.508 e. The summed E-state index contributed by atoms with van der Waals surface area (Å²) in [6.07, 6.45) is 7.49. The van der Waals surface area contributed by atoms with Crippen molar-refractivity contribution in [3.63, 3.8) is 0 Å². The first kappa shape index (κ1) is 13.2. The summed E-state index contributed by atoms with van der Waals surface area (Å²) < 4.78 is 0. The Morgan fingerprint density at radius 2 is 2.10 bits per heavy atom. The third-order valence-electron chi connectivity index (χ3n) is 6.71. The quantitative estimate of drug-likeness (QED) is 0.666. The molecular formula is C20H24O. The molecule has 1 nitrogen and oxygen atoms in total. The Morgan fingerprint density at radius 1 is 1.24 bits per heavy atom. The molecule has 110 valence electrons. The fraction of sp³-hybridized carbons (Fsp3) is 0.550. The lowest BCUT2D eigenvalue weighted by molar-refractivity contribution is 0.0815. The molecule has 4 atom stereocenters. The second-order valence-electron chi connectivity index (χ2n) is 7.45. The second kappa shape index (κ2) is 4.52. The van der Waals surface area contributed by atoms with Crippen molar-refractivity contribution in [1.82, 2.24) is 0 Å². The molecule has 0 spiro atoms. The van der Waals surface area contributed by atoms with Gasteiger partial charge in [-0.25, -0.2) is 0 Å². The van der Waals surface area contributed by atoms with E-state index in [1.54, 1.807) is 0 Å². The summed E-state index contributed by atoms with van der Waals surface area (Å²) in [6, 6.07) is 6.05. The molecule has 3 aliphatic carbocycles. The van der Waals surface area contributed by atoms with Gasteiger partial charge in [0, 0.05) is 0 Å². The van der Waals surface area contributed by atoms with Crippen molar-refractivity contribution >= 4 is 0 Å². The topological polar surface area (TPSA) is 20.2 Å². The summed E-state index contributed by atoms with van der Waals surface area (Å²) in [5.41, 5.74) is 8.01. The van der Waals surface area contributed by atoms with Gasteiger partial charge in [-0.1, -0.05) is 19.6 Å². The zero-order valence-corrected chi connectivity index (χ0v) is 12.9. The molecule has 0 amide bonds. The Morgan fingerprint density at radius 3 is 2.90 bits per heavy atom. The van der Waals surface area contributed by atoms with Crippen molar-refractivity contribution in [3.8, 4) is 5.75 Å². The average Bonchev–Trinajstić information content (AvgIpc) is 2.83. The van der Waals surface area contributed by atoms with Crippen molar-refractivity contribution in [2.75, 3.05) is 0 Å². The number of aromatic hydroxyl groups is 1. The average molecular weight is 280 g/mol. The molecule has 0 aromatic heterocycles. The predicted molar refractivity (Wildman–Crippen MR) is 85.4 cm³/mol. The van der Waals surface area contributed by atoms with Gasteiger partial charge in [-0.05, 0) is 90.5 Å². The lowest BCUT2D eigenvalue weighted by Crippen LogP contribution is -2.40. The third-order valence-corrected chi connectivity index (χ3v) is 6.71. The SMILES string of the molecule is C=C=C1CCC2C3CCc4cc(O)ccc4C3CC[C@]12C. The lowest BCUT2D eigenvalue weighted by atomic mass is 9.55. The van der Waals surface area contributed by atoms with Crippen LogP contribution in [0.4, 0.5) is 0 Å². The van der Waals surface area contributed by atoms with E-state index in [4.69, 9.17) is 0 Å². The standard InChI is InChI=1S/C20H24O/c1-3-14-5-9-19-18-7-4-13-12-15(21)6-8-16(13)17(18)10-11-20(14,19)2/h6,8,12,17-19,21H,1,4-5,7,9-11H2,2H3/t17?,18?,19?,20-/m1/s1. The molecule has 0 aliphatic heterocycles. The van der Waals surface area contributed by atoms with E-state index in [2.05, 4.69) is 25.3 Å². The summed E-state index contributed by atoms with van der Waals surface area (Å²) in [5.74, 6) is 2.75. The minimum atomic E-state index is 0.358. The Hall–Kier alpha value is -1.46.